The van der Waals surface area contributed by atoms with Crippen molar-refractivity contribution < 1.29 is 4.92 Å². The molecule has 0 amide bonds. The second-order valence-corrected chi connectivity index (χ2v) is 6.58. The van der Waals surface area contributed by atoms with E-state index in [-0.39, 0.29) is 10.5 Å². The van der Waals surface area contributed by atoms with Crippen LogP contribution in [-0.4, -0.2) is 4.92 Å². The number of rotatable bonds is 4. The monoisotopic (exact) mass is 417 g/mol. The Morgan fingerprint density at radius 1 is 1.20 bits per heavy atom. The molecule has 0 spiro atoms. The molecule has 0 saturated carbocycles. The molecule has 0 aliphatic heterocycles. The molecular formula is C14H10Br2ClNO2. The Balaban J connectivity index is 2.17. The Morgan fingerprint density at radius 3 is 2.45 bits per heavy atom. The van der Waals surface area contributed by atoms with Crippen molar-refractivity contribution in [2.24, 2.45) is 0 Å². The van der Waals surface area contributed by atoms with E-state index in [2.05, 4.69) is 31.9 Å². The van der Waals surface area contributed by atoms with E-state index < -0.39 is 4.92 Å². The lowest BCUT2D eigenvalue weighted by atomic mass is 10.0. The molecule has 0 heterocycles. The average Bonchev–Trinajstić information content (AvgIpc) is 2.42. The first-order chi connectivity index (χ1) is 9.49. The number of hydrogen-bond donors (Lipinski definition) is 0. The van der Waals surface area contributed by atoms with Crippen LogP contribution in [0.4, 0.5) is 5.69 Å². The zero-order valence-corrected chi connectivity index (χ0v) is 14.2. The van der Waals surface area contributed by atoms with Crippen LogP contribution in [0.25, 0.3) is 0 Å². The van der Waals surface area contributed by atoms with Crippen molar-refractivity contribution in [3.63, 3.8) is 0 Å². The molecule has 0 bridgehead atoms. The van der Waals surface area contributed by atoms with E-state index in [0.717, 1.165) is 15.6 Å². The molecule has 2 aromatic carbocycles. The van der Waals surface area contributed by atoms with Gasteiger partial charge in [-0.05, 0) is 39.5 Å². The van der Waals surface area contributed by atoms with E-state index in [0.29, 0.717) is 11.4 Å². The molecule has 0 N–H and O–H groups in total. The number of non-ortho nitro benzene ring substituents is 1. The van der Waals surface area contributed by atoms with Crippen LogP contribution in [0.5, 0.6) is 0 Å². The van der Waals surface area contributed by atoms with Gasteiger partial charge in [0.25, 0.3) is 5.69 Å². The fourth-order valence-corrected chi connectivity index (χ4v) is 3.36. The van der Waals surface area contributed by atoms with E-state index in [1.54, 1.807) is 12.1 Å². The minimum atomic E-state index is -0.402. The van der Waals surface area contributed by atoms with Crippen molar-refractivity contribution in [3.05, 3.63) is 73.2 Å². The maximum Gasteiger partial charge on any atom is 0.269 e. The zero-order valence-electron chi connectivity index (χ0n) is 10.2. The fraction of sp³-hybridized carbons (Fsp3) is 0.143. The van der Waals surface area contributed by atoms with Gasteiger partial charge in [0.1, 0.15) is 0 Å². The summed E-state index contributed by atoms with van der Waals surface area (Å²) in [6.45, 7) is 0. The van der Waals surface area contributed by atoms with Crippen LogP contribution in [0.15, 0.2) is 46.9 Å². The van der Waals surface area contributed by atoms with Crippen LogP contribution in [0, 0.1) is 10.1 Å². The quantitative estimate of drug-likeness (QED) is 0.363. The summed E-state index contributed by atoms with van der Waals surface area (Å²) in [7, 11) is 0. The molecule has 0 radical (unpaired) electrons. The van der Waals surface area contributed by atoms with Crippen LogP contribution in [0.1, 0.15) is 16.0 Å². The number of nitrogens with zero attached hydrogens (tertiary/aromatic N) is 1. The molecule has 0 aromatic heterocycles. The zero-order chi connectivity index (χ0) is 14.7. The number of halogens is 3. The van der Waals surface area contributed by atoms with E-state index in [1.807, 2.05) is 18.2 Å². The summed E-state index contributed by atoms with van der Waals surface area (Å²) < 4.78 is 0.852. The van der Waals surface area contributed by atoms with Crippen molar-refractivity contribution in [2.75, 3.05) is 0 Å². The summed E-state index contributed by atoms with van der Waals surface area (Å²) in [6, 6.07) is 12.3. The molecule has 2 rings (SSSR count). The maximum absolute atomic E-state index is 10.6. The van der Waals surface area contributed by atoms with Gasteiger partial charge in [0, 0.05) is 21.4 Å². The van der Waals surface area contributed by atoms with Gasteiger partial charge in [0.15, 0.2) is 0 Å². The number of hydrogen-bond acceptors (Lipinski definition) is 2. The molecule has 6 heteroatoms. The smallest absolute Gasteiger partial charge is 0.258 e. The van der Waals surface area contributed by atoms with Gasteiger partial charge in [0.05, 0.1) is 9.95 Å². The summed E-state index contributed by atoms with van der Waals surface area (Å²) in [5.41, 5.74) is 2.09. The van der Waals surface area contributed by atoms with Crippen molar-refractivity contribution in [3.8, 4) is 0 Å². The fourth-order valence-electron chi connectivity index (χ4n) is 1.83. The molecule has 0 aliphatic rings. The topological polar surface area (TPSA) is 43.1 Å². The summed E-state index contributed by atoms with van der Waals surface area (Å²) in [6.07, 6.45) is 0.703. The second-order valence-electron chi connectivity index (χ2n) is 4.24. The molecule has 0 fully saturated rings. The Kier molecular flexibility index (Phi) is 5.18. The molecule has 3 nitrogen and oxygen atoms in total. The van der Waals surface area contributed by atoms with Gasteiger partial charge in [-0.25, -0.2) is 0 Å². The minimum Gasteiger partial charge on any atom is -0.258 e. The lowest BCUT2D eigenvalue weighted by Crippen LogP contribution is -1.97. The van der Waals surface area contributed by atoms with Gasteiger partial charge in [-0.3, -0.25) is 10.1 Å². The first kappa shape index (κ1) is 15.5. The molecule has 20 heavy (non-hydrogen) atoms. The molecule has 0 saturated heterocycles. The van der Waals surface area contributed by atoms with Crippen molar-refractivity contribution in [1.29, 1.82) is 0 Å². The second kappa shape index (κ2) is 6.70. The molecular weight excluding hydrogens is 409 g/mol. The Morgan fingerprint density at radius 2 is 1.85 bits per heavy atom. The predicted molar refractivity (Wildman–Crippen MR) is 87.6 cm³/mol. The Labute approximate surface area is 138 Å². The lowest BCUT2D eigenvalue weighted by Gasteiger charge is -2.13. The number of alkyl halides is 1. The third kappa shape index (κ3) is 3.59. The van der Waals surface area contributed by atoms with Gasteiger partial charge in [0.2, 0.25) is 0 Å². The summed E-state index contributed by atoms with van der Waals surface area (Å²) in [5, 5.41) is 11.3. The van der Waals surface area contributed by atoms with Gasteiger partial charge in [-0.2, -0.15) is 0 Å². The average molecular weight is 420 g/mol. The maximum atomic E-state index is 10.6. The Hall–Kier alpha value is -0.910. The normalized spacial score (nSPS) is 12.2. The number of nitro benzene ring substituents is 1. The van der Waals surface area contributed by atoms with Crippen LogP contribution in [0.3, 0.4) is 0 Å². The highest BCUT2D eigenvalue weighted by molar-refractivity contribution is 9.10. The number of benzene rings is 2. The van der Waals surface area contributed by atoms with Crippen LogP contribution in [0.2, 0.25) is 5.02 Å². The van der Waals surface area contributed by atoms with Crippen LogP contribution in [-0.2, 0) is 6.42 Å². The highest BCUT2D eigenvalue weighted by Gasteiger charge is 2.14. The van der Waals surface area contributed by atoms with Crippen LogP contribution >= 0.6 is 43.5 Å². The Bertz CT molecular complexity index is 632. The lowest BCUT2D eigenvalue weighted by molar-refractivity contribution is -0.384. The molecule has 104 valence electrons. The standard InChI is InChI=1S/C14H10Br2ClNO2/c15-12-3-1-2-11(14(12)17)13(16)8-9-4-6-10(7-5-9)18(19)20/h1-7,13H,8H2. The predicted octanol–water partition coefficient (Wildman–Crippen LogP) is 5.69. The number of nitro groups is 1. The van der Waals surface area contributed by atoms with Gasteiger partial charge < -0.3 is 0 Å². The van der Waals surface area contributed by atoms with Gasteiger partial charge in [-0.1, -0.05) is 51.8 Å². The van der Waals surface area contributed by atoms with Crippen molar-refractivity contribution in [2.45, 2.75) is 11.2 Å². The van der Waals surface area contributed by atoms with E-state index in [4.69, 9.17) is 11.6 Å². The largest absolute Gasteiger partial charge is 0.269 e. The highest BCUT2D eigenvalue weighted by atomic mass is 79.9. The molecule has 2 aromatic rings. The first-order valence-electron chi connectivity index (χ1n) is 5.80. The molecule has 1 unspecified atom stereocenters. The highest BCUT2D eigenvalue weighted by Crippen LogP contribution is 2.36. The summed E-state index contributed by atoms with van der Waals surface area (Å²) in [5.74, 6) is 0. The van der Waals surface area contributed by atoms with Crippen molar-refractivity contribution >= 4 is 49.1 Å². The molecule has 0 aliphatic carbocycles. The third-order valence-corrected chi connectivity index (χ3v) is 5.01. The van der Waals surface area contributed by atoms with Crippen molar-refractivity contribution in [1.82, 2.24) is 0 Å². The van der Waals surface area contributed by atoms with E-state index in [9.17, 15) is 10.1 Å². The van der Waals surface area contributed by atoms with E-state index >= 15 is 0 Å². The molecule has 1 atom stereocenters. The van der Waals surface area contributed by atoms with Gasteiger partial charge >= 0.3 is 0 Å². The third-order valence-electron chi connectivity index (χ3n) is 2.88. The summed E-state index contributed by atoms with van der Waals surface area (Å²) in [4.78, 5) is 10.3. The summed E-state index contributed by atoms with van der Waals surface area (Å²) >= 11 is 13.3. The van der Waals surface area contributed by atoms with Gasteiger partial charge in [-0.15, -0.1) is 0 Å². The SMILES string of the molecule is O=[N+]([O-])c1ccc(CC(Br)c2cccc(Br)c2Cl)cc1. The minimum absolute atomic E-state index is 0.0500. The van der Waals surface area contributed by atoms with E-state index in [1.165, 1.54) is 12.1 Å². The first-order valence-corrected chi connectivity index (χ1v) is 7.89. The van der Waals surface area contributed by atoms with Crippen LogP contribution < -0.4 is 0 Å².